The van der Waals surface area contributed by atoms with Gasteiger partial charge in [0.25, 0.3) is 0 Å². The van der Waals surface area contributed by atoms with Crippen molar-refractivity contribution in [3.8, 4) is 0 Å². The lowest BCUT2D eigenvalue weighted by Gasteiger charge is -2.33. The first-order valence-electron chi connectivity index (χ1n) is 7.28. The molecule has 2 unspecified atom stereocenters. The molecule has 1 aliphatic rings. The van der Waals surface area contributed by atoms with Crippen LogP contribution in [0.25, 0.3) is 0 Å². The van der Waals surface area contributed by atoms with E-state index in [4.69, 9.17) is 5.84 Å². The smallest absolute Gasteiger partial charge is 0.0329 e. The molecule has 0 aromatic carbocycles. The molecule has 2 nitrogen and oxygen atoms in total. The minimum atomic E-state index is 0.520. The van der Waals surface area contributed by atoms with Crippen LogP contribution in [0.15, 0.2) is 0 Å². The Balaban J connectivity index is 2.30. The first kappa shape index (κ1) is 15.3. The Hall–Kier alpha value is 0.270. The van der Waals surface area contributed by atoms with Gasteiger partial charge in [-0.3, -0.25) is 11.3 Å². The second-order valence-corrected chi connectivity index (χ2v) is 6.99. The highest BCUT2D eigenvalue weighted by molar-refractivity contribution is 7.99. The van der Waals surface area contributed by atoms with Gasteiger partial charge in [0.2, 0.25) is 0 Å². The molecule has 1 saturated carbocycles. The second kappa shape index (κ2) is 8.39. The first-order valence-corrected chi connectivity index (χ1v) is 8.33. The zero-order chi connectivity index (χ0) is 12.7. The number of rotatable bonds is 7. The lowest BCUT2D eigenvalue weighted by molar-refractivity contribution is 0.228. The molecule has 102 valence electrons. The van der Waals surface area contributed by atoms with Gasteiger partial charge in [0.1, 0.15) is 0 Å². The first-order chi connectivity index (χ1) is 8.21. The Morgan fingerprint density at radius 1 is 1.24 bits per heavy atom. The molecular weight excluding hydrogens is 228 g/mol. The van der Waals surface area contributed by atoms with E-state index >= 15 is 0 Å². The molecule has 0 aromatic rings. The molecule has 0 heterocycles. The largest absolute Gasteiger partial charge is 0.271 e. The number of thioether (sulfide) groups is 1. The molecule has 0 saturated heterocycles. The van der Waals surface area contributed by atoms with Crippen LogP contribution in [0.1, 0.15) is 59.3 Å². The molecular formula is C14H30N2S. The molecule has 3 heteroatoms. The highest BCUT2D eigenvalue weighted by Gasteiger charge is 2.26. The van der Waals surface area contributed by atoms with E-state index < -0.39 is 0 Å². The fourth-order valence-corrected chi connectivity index (χ4v) is 3.84. The predicted molar refractivity (Wildman–Crippen MR) is 79.1 cm³/mol. The summed E-state index contributed by atoms with van der Waals surface area (Å²) in [5, 5.41) is 0.762. The van der Waals surface area contributed by atoms with Crippen molar-refractivity contribution in [1.29, 1.82) is 0 Å². The quantitative estimate of drug-likeness (QED) is 0.541. The van der Waals surface area contributed by atoms with Crippen molar-refractivity contribution in [3.63, 3.8) is 0 Å². The Bertz CT molecular complexity index is 191. The van der Waals surface area contributed by atoms with Gasteiger partial charge in [-0.15, -0.1) is 0 Å². The van der Waals surface area contributed by atoms with Crippen LogP contribution in [0.3, 0.4) is 0 Å². The number of hydrogen-bond acceptors (Lipinski definition) is 3. The average Bonchev–Trinajstić information content (AvgIpc) is 2.39. The van der Waals surface area contributed by atoms with Gasteiger partial charge in [0.05, 0.1) is 0 Å². The van der Waals surface area contributed by atoms with Crippen molar-refractivity contribution in [3.05, 3.63) is 0 Å². The van der Waals surface area contributed by atoms with E-state index in [9.17, 15) is 0 Å². The summed E-state index contributed by atoms with van der Waals surface area (Å²) in [5.41, 5.74) is 3.06. The third-order valence-electron chi connectivity index (χ3n) is 4.39. The van der Waals surface area contributed by atoms with E-state index in [0.29, 0.717) is 6.04 Å². The monoisotopic (exact) mass is 258 g/mol. The molecule has 1 rings (SSSR count). The summed E-state index contributed by atoms with van der Waals surface area (Å²) in [5.74, 6) is 8.69. The Kier molecular flexibility index (Phi) is 7.56. The normalized spacial score (nSPS) is 28.9. The summed E-state index contributed by atoms with van der Waals surface area (Å²) >= 11 is 2.07. The molecule has 0 bridgehead atoms. The standard InChI is InChI=1S/C14H30N2S/c1-4-11(3)17-10-14(16-15)13-8-6-12(5-2)7-9-13/h11-14,16H,4-10,15H2,1-3H3. The van der Waals surface area contributed by atoms with E-state index in [1.807, 2.05) is 0 Å². The van der Waals surface area contributed by atoms with Gasteiger partial charge in [0.15, 0.2) is 0 Å². The van der Waals surface area contributed by atoms with E-state index in [2.05, 4.69) is 38.0 Å². The third-order valence-corrected chi connectivity index (χ3v) is 5.84. The van der Waals surface area contributed by atoms with Gasteiger partial charge in [0, 0.05) is 17.0 Å². The fraction of sp³-hybridized carbons (Fsp3) is 1.00. The maximum absolute atomic E-state index is 5.74. The molecule has 0 radical (unpaired) electrons. The van der Waals surface area contributed by atoms with Crippen LogP contribution in [0.4, 0.5) is 0 Å². The summed E-state index contributed by atoms with van der Waals surface area (Å²) in [6.07, 6.45) is 8.17. The Labute approximate surface area is 111 Å². The van der Waals surface area contributed by atoms with Crippen molar-refractivity contribution in [2.45, 2.75) is 70.6 Å². The van der Waals surface area contributed by atoms with Crippen molar-refractivity contribution in [2.24, 2.45) is 17.7 Å². The maximum atomic E-state index is 5.74. The van der Waals surface area contributed by atoms with Crippen molar-refractivity contribution < 1.29 is 0 Å². The minimum absolute atomic E-state index is 0.520. The van der Waals surface area contributed by atoms with Crippen LogP contribution in [0.5, 0.6) is 0 Å². The molecule has 1 aliphatic carbocycles. The third kappa shape index (κ3) is 5.19. The van der Waals surface area contributed by atoms with E-state index in [1.165, 1.54) is 44.3 Å². The van der Waals surface area contributed by atoms with Crippen LogP contribution in [0.2, 0.25) is 0 Å². The van der Waals surface area contributed by atoms with E-state index in [-0.39, 0.29) is 0 Å². The number of hydrogen-bond donors (Lipinski definition) is 2. The summed E-state index contributed by atoms with van der Waals surface area (Å²) in [6.45, 7) is 6.89. The maximum Gasteiger partial charge on any atom is 0.0329 e. The van der Waals surface area contributed by atoms with Crippen LogP contribution in [0, 0.1) is 11.8 Å². The lowest BCUT2D eigenvalue weighted by atomic mass is 9.78. The number of hydrazine groups is 1. The molecule has 1 fully saturated rings. The van der Waals surface area contributed by atoms with Gasteiger partial charge in [-0.1, -0.05) is 40.0 Å². The second-order valence-electron chi connectivity index (χ2n) is 5.51. The van der Waals surface area contributed by atoms with Gasteiger partial charge >= 0.3 is 0 Å². The van der Waals surface area contributed by atoms with Gasteiger partial charge in [-0.05, 0) is 31.1 Å². The molecule has 0 aliphatic heterocycles. The van der Waals surface area contributed by atoms with Gasteiger partial charge < -0.3 is 0 Å². The zero-order valence-electron chi connectivity index (χ0n) is 11.7. The Morgan fingerprint density at radius 2 is 1.88 bits per heavy atom. The zero-order valence-corrected chi connectivity index (χ0v) is 12.6. The highest BCUT2D eigenvalue weighted by atomic mass is 32.2. The van der Waals surface area contributed by atoms with E-state index in [1.54, 1.807) is 0 Å². The van der Waals surface area contributed by atoms with Crippen LogP contribution in [-0.2, 0) is 0 Å². The fourth-order valence-electron chi connectivity index (χ4n) is 2.70. The molecule has 2 atom stereocenters. The van der Waals surface area contributed by atoms with Crippen LogP contribution in [-0.4, -0.2) is 17.0 Å². The average molecular weight is 258 g/mol. The lowest BCUT2D eigenvalue weighted by Crippen LogP contribution is -2.44. The highest BCUT2D eigenvalue weighted by Crippen LogP contribution is 2.33. The number of nitrogens with one attached hydrogen (secondary N) is 1. The predicted octanol–water partition coefficient (Wildman–Crippen LogP) is 3.57. The topological polar surface area (TPSA) is 38.0 Å². The van der Waals surface area contributed by atoms with Crippen LogP contribution >= 0.6 is 11.8 Å². The molecule has 0 aromatic heterocycles. The van der Waals surface area contributed by atoms with Crippen molar-refractivity contribution in [1.82, 2.24) is 5.43 Å². The van der Waals surface area contributed by atoms with Crippen molar-refractivity contribution in [2.75, 3.05) is 5.75 Å². The van der Waals surface area contributed by atoms with Gasteiger partial charge in [-0.25, -0.2) is 0 Å². The molecule has 17 heavy (non-hydrogen) atoms. The number of nitrogens with two attached hydrogens (primary N) is 1. The van der Waals surface area contributed by atoms with Gasteiger partial charge in [-0.2, -0.15) is 11.8 Å². The summed E-state index contributed by atoms with van der Waals surface area (Å²) in [7, 11) is 0. The molecule has 0 amide bonds. The van der Waals surface area contributed by atoms with E-state index in [0.717, 1.165) is 17.1 Å². The molecule has 0 spiro atoms. The summed E-state index contributed by atoms with van der Waals surface area (Å²) in [4.78, 5) is 0. The Morgan fingerprint density at radius 3 is 2.35 bits per heavy atom. The SMILES string of the molecule is CCC1CCC(C(CSC(C)CC)NN)CC1. The van der Waals surface area contributed by atoms with Crippen molar-refractivity contribution >= 4 is 11.8 Å². The summed E-state index contributed by atoms with van der Waals surface area (Å²) < 4.78 is 0. The summed E-state index contributed by atoms with van der Waals surface area (Å²) in [6, 6.07) is 0.520. The minimum Gasteiger partial charge on any atom is -0.271 e. The molecule has 3 N–H and O–H groups in total. The van der Waals surface area contributed by atoms with Crippen LogP contribution < -0.4 is 11.3 Å².